The minimum absolute atomic E-state index is 0.107. The smallest absolute Gasteiger partial charge is 0.462 e. The van der Waals surface area contributed by atoms with Crippen molar-refractivity contribution < 1.29 is 80.2 Å². The van der Waals surface area contributed by atoms with Gasteiger partial charge in [0, 0.05) is 25.7 Å². The van der Waals surface area contributed by atoms with E-state index in [0.29, 0.717) is 25.7 Å². The standard InChI is InChI=1S/C74H144O17P2/c1-6-9-12-15-17-19-21-23-24-25-26-27-33-37-41-45-50-55-60-74(79)91-70(64-85-72(77)58-53-48-43-39-35-32-29-28-31-34-38-42-47-51-56-67(4)5)66-89-93(82,83)87-62-68(75)61-86-92(80,81)88-65-69(63-84-71(76)57-52-46-14-11-8-3)90-73(78)59-54-49-44-40-36-30-22-20-18-16-13-10-7-2/h67-70,75H,6-66H2,1-5H3,(H,80,81)(H,82,83)/t68-,69+,70+/m0/s1. The van der Waals surface area contributed by atoms with Crippen molar-refractivity contribution in [3.8, 4) is 0 Å². The molecular formula is C74H144O17P2. The molecule has 0 bridgehead atoms. The molecule has 0 aromatic rings. The molecule has 0 radical (unpaired) electrons. The third-order valence-corrected chi connectivity index (χ3v) is 19.2. The van der Waals surface area contributed by atoms with Crippen molar-refractivity contribution in [3.63, 3.8) is 0 Å². The molecule has 19 heteroatoms. The van der Waals surface area contributed by atoms with E-state index >= 15 is 0 Å². The fourth-order valence-corrected chi connectivity index (χ4v) is 12.9. The SMILES string of the molecule is CCCCCCCCCCCCCCCCCCCCC(=O)O[C@H](COC(=O)CCCCCCCCCCCCCCCCC(C)C)COP(=O)(O)OC[C@@H](O)COP(=O)(O)OC[C@@H](COC(=O)CCCCCCC)OC(=O)CCCCCCCCCCCCCCC. The predicted molar refractivity (Wildman–Crippen MR) is 377 cm³/mol. The summed E-state index contributed by atoms with van der Waals surface area (Å²) in [5, 5.41) is 10.6. The van der Waals surface area contributed by atoms with Crippen LogP contribution in [0.4, 0.5) is 0 Å². The Bertz CT molecular complexity index is 1790. The molecule has 0 aliphatic carbocycles. The maximum atomic E-state index is 13.1. The second-order valence-corrected chi connectivity index (χ2v) is 30.1. The van der Waals surface area contributed by atoms with Gasteiger partial charge in [0.05, 0.1) is 26.4 Å². The average Bonchev–Trinajstić information content (AvgIpc) is 1.74. The number of phosphoric acid groups is 2. The van der Waals surface area contributed by atoms with Crippen LogP contribution in [-0.2, 0) is 65.4 Å². The quantitative estimate of drug-likeness (QED) is 0.0222. The molecule has 93 heavy (non-hydrogen) atoms. The van der Waals surface area contributed by atoms with Crippen molar-refractivity contribution in [1.29, 1.82) is 0 Å². The highest BCUT2D eigenvalue weighted by molar-refractivity contribution is 7.47. The highest BCUT2D eigenvalue weighted by Crippen LogP contribution is 2.45. The van der Waals surface area contributed by atoms with Crippen molar-refractivity contribution in [2.45, 2.75) is 406 Å². The van der Waals surface area contributed by atoms with E-state index in [4.69, 9.17) is 37.0 Å². The van der Waals surface area contributed by atoms with E-state index in [-0.39, 0.29) is 25.7 Å². The lowest BCUT2D eigenvalue weighted by Gasteiger charge is -2.21. The van der Waals surface area contributed by atoms with E-state index in [1.807, 2.05) is 0 Å². The summed E-state index contributed by atoms with van der Waals surface area (Å²) >= 11 is 0. The minimum atomic E-state index is -4.95. The van der Waals surface area contributed by atoms with E-state index in [1.54, 1.807) is 0 Å². The van der Waals surface area contributed by atoms with Crippen molar-refractivity contribution >= 4 is 39.5 Å². The molecule has 0 heterocycles. The summed E-state index contributed by atoms with van der Waals surface area (Å²) in [7, 11) is -9.90. The third-order valence-electron chi connectivity index (χ3n) is 17.3. The van der Waals surface area contributed by atoms with E-state index in [0.717, 1.165) is 102 Å². The van der Waals surface area contributed by atoms with E-state index in [9.17, 15) is 43.2 Å². The molecule has 0 rings (SSSR count). The molecule has 0 aliphatic rings. The van der Waals surface area contributed by atoms with Crippen LogP contribution in [0.25, 0.3) is 0 Å². The summed E-state index contributed by atoms with van der Waals surface area (Å²) in [4.78, 5) is 72.4. The van der Waals surface area contributed by atoms with Crippen molar-refractivity contribution in [1.82, 2.24) is 0 Å². The van der Waals surface area contributed by atoms with E-state index in [1.165, 1.54) is 205 Å². The zero-order valence-corrected chi connectivity index (χ0v) is 62.2. The van der Waals surface area contributed by atoms with Crippen LogP contribution >= 0.6 is 15.6 Å². The van der Waals surface area contributed by atoms with Crippen LogP contribution in [-0.4, -0.2) is 96.7 Å². The van der Waals surface area contributed by atoms with Gasteiger partial charge in [-0.15, -0.1) is 0 Å². The van der Waals surface area contributed by atoms with Gasteiger partial charge >= 0.3 is 39.5 Å². The first-order valence-electron chi connectivity index (χ1n) is 38.6. The number of carbonyl (C=O) groups excluding carboxylic acids is 4. The van der Waals surface area contributed by atoms with Crippen LogP contribution in [0.15, 0.2) is 0 Å². The first kappa shape index (κ1) is 91.1. The Kier molecular flexibility index (Phi) is 65.9. The van der Waals surface area contributed by atoms with Crippen LogP contribution in [0.1, 0.15) is 388 Å². The van der Waals surface area contributed by atoms with Gasteiger partial charge in [0.15, 0.2) is 12.2 Å². The number of aliphatic hydroxyl groups excluding tert-OH is 1. The molecule has 0 spiro atoms. The Labute approximate surface area is 568 Å². The molecule has 0 aromatic heterocycles. The maximum Gasteiger partial charge on any atom is 0.472 e. The Morgan fingerprint density at radius 2 is 0.495 bits per heavy atom. The highest BCUT2D eigenvalue weighted by atomic mass is 31.2. The Balaban J connectivity index is 5.14. The fourth-order valence-electron chi connectivity index (χ4n) is 11.4. The fraction of sp³-hybridized carbons (Fsp3) is 0.946. The van der Waals surface area contributed by atoms with Gasteiger partial charge < -0.3 is 33.8 Å². The lowest BCUT2D eigenvalue weighted by molar-refractivity contribution is -0.161. The first-order chi connectivity index (χ1) is 45.0. The largest absolute Gasteiger partial charge is 0.472 e. The zero-order valence-electron chi connectivity index (χ0n) is 60.4. The van der Waals surface area contributed by atoms with Gasteiger partial charge in [-0.25, -0.2) is 9.13 Å². The van der Waals surface area contributed by atoms with Gasteiger partial charge in [-0.05, 0) is 31.6 Å². The number of unbranched alkanes of at least 4 members (excludes halogenated alkanes) is 46. The number of carbonyl (C=O) groups is 4. The van der Waals surface area contributed by atoms with Gasteiger partial charge in [0.25, 0.3) is 0 Å². The van der Waals surface area contributed by atoms with Crippen LogP contribution in [0.3, 0.4) is 0 Å². The number of hydrogen-bond acceptors (Lipinski definition) is 15. The highest BCUT2D eigenvalue weighted by Gasteiger charge is 2.30. The summed E-state index contributed by atoms with van der Waals surface area (Å²) in [6.07, 6.45) is 55.9. The minimum Gasteiger partial charge on any atom is -0.462 e. The topological polar surface area (TPSA) is 237 Å². The summed E-state index contributed by atoms with van der Waals surface area (Å²) in [6.45, 7) is 7.22. The van der Waals surface area contributed by atoms with Crippen LogP contribution in [0.2, 0.25) is 0 Å². The summed E-state index contributed by atoms with van der Waals surface area (Å²) in [5.74, 6) is -1.33. The van der Waals surface area contributed by atoms with Gasteiger partial charge in [0.1, 0.15) is 19.3 Å². The number of aliphatic hydroxyl groups is 1. The lowest BCUT2D eigenvalue weighted by Crippen LogP contribution is -2.30. The molecule has 0 saturated carbocycles. The second-order valence-electron chi connectivity index (χ2n) is 27.2. The third kappa shape index (κ3) is 68.4. The zero-order chi connectivity index (χ0) is 68.4. The number of hydrogen-bond donors (Lipinski definition) is 3. The molecule has 0 amide bonds. The number of esters is 4. The molecule has 0 saturated heterocycles. The van der Waals surface area contributed by atoms with Crippen molar-refractivity contribution in [3.05, 3.63) is 0 Å². The Hall–Kier alpha value is -1.94. The molecule has 5 atom stereocenters. The van der Waals surface area contributed by atoms with E-state index in [2.05, 4.69) is 34.6 Å². The molecular weight excluding hydrogens is 1220 g/mol. The molecule has 0 aliphatic heterocycles. The molecule has 552 valence electrons. The number of ether oxygens (including phenoxy) is 4. The van der Waals surface area contributed by atoms with Gasteiger partial charge in [-0.2, -0.15) is 0 Å². The Morgan fingerprint density at radius 3 is 0.731 bits per heavy atom. The molecule has 2 unspecified atom stereocenters. The summed E-state index contributed by atoms with van der Waals surface area (Å²) in [5.41, 5.74) is 0. The molecule has 0 aromatic carbocycles. The van der Waals surface area contributed by atoms with Crippen LogP contribution < -0.4 is 0 Å². The van der Waals surface area contributed by atoms with Crippen LogP contribution in [0.5, 0.6) is 0 Å². The van der Waals surface area contributed by atoms with Crippen molar-refractivity contribution in [2.75, 3.05) is 39.6 Å². The normalized spacial score (nSPS) is 14.0. The number of phosphoric ester groups is 2. The van der Waals surface area contributed by atoms with E-state index < -0.39 is 97.5 Å². The predicted octanol–water partition coefficient (Wildman–Crippen LogP) is 21.7. The van der Waals surface area contributed by atoms with Crippen LogP contribution in [0, 0.1) is 5.92 Å². The molecule has 0 fully saturated rings. The summed E-state index contributed by atoms with van der Waals surface area (Å²) in [6, 6.07) is 0. The van der Waals surface area contributed by atoms with Gasteiger partial charge in [-0.3, -0.25) is 37.3 Å². The lowest BCUT2D eigenvalue weighted by atomic mass is 10.0. The monoisotopic (exact) mass is 1370 g/mol. The average molecular weight is 1370 g/mol. The summed E-state index contributed by atoms with van der Waals surface area (Å²) < 4.78 is 68.2. The maximum absolute atomic E-state index is 13.1. The molecule has 3 N–H and O–H groups in total. The number of rotatable bonds is 74. The van der Waals surface area contributed by atoms with Gasteiger partial charge in [0.2, 0.25) is 0 Å². The molecule has 17 nitrogen and oxygen atoms in total. The van der Waals surface area contributed by atoms with Gasteiger partial charge in [-0.1, -0.05) is 336 Å². The van der Waals surface area contributed by atoms with Crippen molar-refractivity contribution in [2.24, 2.45) is 5.92 Å². The second kappa shape index (κ2) is 67.3. The first-order valence-corrected chi connectivity index (χ1v) is 41.6. The Morgan fingerprint density at radius 1 is 0.290 bits per heavy atom.